The van der Waals surface area contributed by atoms with E-state index >= 15 is 0 Å². The van der Waals surface area contributed by atoms with Gasteiger partial charge in [-0.15, -0.1) is 0 Å². The number of benzene rings is 2. The number of imide groups is 2. The van der Waals surface area contributed by atoms with Crippen molar-refractivity contribution in [3.8, 4) is 6.01 Å². The highest BCUT2D eigenvalue weighted by Gasteiger charge is 2.46. The predicted octanol–water partition coefficient (Wildman–Crippen LogP) is 4.12. The van der Waals surface area contributed by atoms with Crippen LogP contribution in [-0.2, 0) is 33.9 Å². The van der Waals surface area contributed by atoms with Crippen LogP contribution in [0.3, 0.4) is 0 Å². The Hall–Kier alpha value is -5.61. The summed E-state index contributed by atoms with van der Waals surface area (Å²) < 4.78 is 33.7. The second-order valence-electron chi connectivity index (χ2n) is 16.9. The Morgan fingerprint density at radius 3 is 2.29 bits per heavy atom. The lowest BCUT2D eigenvalue weighted by Crippen LogP contribution is -2.54. The maximum Gasteiger partial charge on any atom is 0.316 e. The number of rotatable bonds is 8. The van der Waals surface area contributed by atoms with E-state index in [0.29, 0.717) is 62.1 Å². The second kappa shape index (κ2) is 14.6. The number of amides is 5. The van der Waals surface area contributed by atoms with Crippen LogP contribution in [0, 0.1) is 5.92 Å². The van der Waals surface area contributed by atoms with Crippen molar-refractivity contribution in [2.45, 2.75) is 102 Å². The molecular weight excluding hydrogens is 763 g/mol. The molecule has 2 aromatic carbocycles. The molecule has 5 amide bonds. The number of halogens is 2. The first-order valence-corrected chi connectivity index (χ1v) is 20.5. The van der Waals surface area contributed by atoms with E-state index in [1.54, 1.807) is 24.5 Å². The number of nitrogens with zero attached hydrogens (tertiary/aromatic N) is 6. The van der Waals surface area contributed by atoms with E-state index in [0.717, 1.165) is 51.0 Å². The molecule has 306 valence electrons. The molecule has 2 saturated heterocycles. The van der Waals surface area contributed by atoms with Crippen molar-refractivity contribution in [1.29, 1.82) is 0 Å². The Balaban J connectivity index is 0.720. The third-order valence-electron chi connectivity index (χ3n) is 13.3. The van der Waals surface area contributed by atoms with Crippen LogP contribution >= 0.6 is 0 Å². The van der Waals surface area contributed by atoms with Gasteiger partial charge < -0.3 is 14.6 Å². The van der Waals surface area contributed by atoms with Crippen molar-refractivity contribution in [1.82, 2.24) is 39.9 Å². The summed E-state index contributed by atoms with van der Waals surface area (Å²) in [6.07, 6.45) is 4.22. The summed E-state index contributed by atoms with van der Waals surface area (Å²) in [5.41, 5.74) is 6.24. The number of hydrogen-bond donors (Lipinski definition) is 2. The van der Waals surface area contributed by atoms with Crippen LogP contribution < -0.4 is 10.1 Å². The van der Waals surface area contributed by atoms with Crippen molar-refractivity contribution in [3.63, 3.8) is 0 Å². The van der Waals surface area contributed by atoms with Gasteiger partial charge in [-0.1, -0.05) is 18.2 Å². The number of hydrogen-bond acceptors (Lipinski definition) is 10. The molecule has 0 radical (unpaired) electrons. The van der Waals surface area contributed by atoms with Gasteiger partial charge in [-0.05, 0) is 80.3 Å². The zero-order chi connectivity index (χ0) is 40.7. The number of para-hydroxylation sites is 1. The predicted molar refractivity (Wildman–Crippen MR) is 207 cm³/mol. The molecule has 0 bridgehead atoms. The Morgan fingerprint density at radius 1 is 0.949 bits per heavy atom. The molecule has 3 atom stereocenters. The van der Waals surface area contributed by atoms with Gasteiger partial charge in [0.2, 0.25) is 17.7 Å². The number of nitrogens with one attached hydrogen (secondary N) is 2. The van der Waals surface area contributed by atoms with Gasteiger partial charge in [0, 0.05) is 85.2 Å². The Morgan fingerprint density at radius 2 is 1.63 bits per heavy atom. The van der Waals surface area contributed by atoms with Crippen LogP contribution in [0.15, 0.2) is 48.8 Å². The van der Waals surface area contributed by atoms with Gasteiger partial charge in [0.25, 0.3) is 18.2 Å². The number of alkyl halides is 2. The summed E-state index contributed by atoms with van der Waals surface area (Å²) in [7, 11) is 0. The largest absolute Gasteiger partial charge is 0.460 e. The molecule has 5 aliphatic heterocycles. The van der Waals surface area contributed by atoms with Crippen LogP contribution in [-0.4, -0.2) is 114 Å². The Kier molecular flexibility index (Phi) is 9.31. The number of fused-ring (bicyclic) bond motifs is 5. The van der Waals surface area contributed by atoms with Crippen molar-refractivity contribution in [3.05, 3.63) is 87.9 Å². The van der Waals surface area contributed by atoms with Crippen LogP contribution in [0.1, 0.15) is 100 Å². The summed E-state index contributed by atoms with van der Waals surface area (Å²) in [5.74, 6) is -2.06. The number of carbonyl (C=O) groups is 5. The van der Waals surface area contributed by atoms with E-state index in [1.165, 1.54) is 0 Å². The minimum atomic E-state index is -2.49. The molecule has 2 N–H and O–H groups in total. The number of H-pyrrole nitrogens is 1. The molecule has 4 aromatic rings. The summed E-state index contributed by atoms with van der Waals surface area (Å²) in [4.78, 5) is 83.8. The molecule has 59 heavy (non-hydrogen) atoms. The monoisotopic (exact) mass is 806 g/mol. The first kappa shape index (κ1) is 37.6. The minimum absolute atomic E-state index is 0.0746. The second-order valence-corrected chi connectivity index (χ2v) is 16.9. The van der Waals surface area contributed by atoms with Crippen LogP contribution in [0.4, 0.5) is 8.78 Å². The molecular formula is C43H44F2N8O6. The number of carbonyl (C=O) groups excluding carboxylic acids is 5. The van der Waals surface area contributed by atoms with Gasteiger partial charge in [-0.2, -0.15) is 0 Å². The minimum Gasteiger partial charge on any atom is -0.460 e. The highest BCUT2D eigenvalue weighted by Crippen LogP contribution is 2.42. The van der Waals surface area contributed by atoms with E-state index in [4.69, 9.17) is 4.74 Å². The average molecular weight is 807 g/mol. The normalized spacial score (nSPS) is 26.3. The van der Waals surface area contributed by atoms with E-state index in [9.17, 15) is 32.8 Å². The maximum absolute atomic E-state index is 13.8. The van der Waals surface area contributed by atoms with Gasteiger partial charge in [-0.25, -0.2) is 18.7 Å². The quantitative estimate of drug-likeness (QED) is 0.248. The molecule has 7 heterocycles. The topological polar surface area (TPSA) is 161 Å². The van der Waals surface area contributed by atoms with Crippen molar-refractivity contribution in [2.24, 2.45) is 5.92 Å². The van der Waals surface area contributed by atoms with Crippen LogP contribution in [0.5, 0.6) is 6.01 Å². The molecule has 2 aromatic heterocycles. The average Bonchev–Trinajstić information content (AvgIpc) is 3.87. The zero-order valence-electron chi connectivity index (χ0n) is 32.5. The van der Waals surface area contributed by atoms with E-state index in [2.05, 4.69) is 31.2 Å². The SMILES string of the molecule is C[C@@H]1Cc2c([nH]c3ccccc23)[C@@H](c2cnc(OC3CC(C(=O)N4CCC(N5Cc6cc7c(cc6C5)C(=O)N(C5CCC(=O)NC5=O)C7=O)CC4)C3)nc2)N1CC(F)F. The smallest absolute Gasteiger partial charge is 0.316 e. The molecule has 3 fully saturated rings. The van der Waals surface area contributed by atoms with Crippen molar-refractivity contribution >= 4 is 40.4 Å². The van der Waals surface area contributed by atoms with Gasteiger partial charge >= 0.3 is 6.01 Å². The number of likely N-dealkylation sites (tertiary alicyclic amines) is 1. The molecule has 1 aliphatic carbocycles. The van der Waals surface area contributed by atoms with Gasteiger partial charge in [0.15, 0.2) is 0 Å². The van der Waals surface area contributed by atoms with Crippen molar-refractivity contribution in [2.75, 3.05) is 19.6 Å². The summed E-state index contributed by atoms with van der Waals surface area (Å²) in [6.45, 7) is 4.14. The molecule has 10 rings (SSSR count). The van der Waals surface area contributed by atoms with Gasteiger partial charge in [0.1, 0.15) is 12.1 Å². The number of ether oxygens (including phenoxy) is 1. The van der Waals surface area contributed by atoms with E-state index < -0.39 is 42.1 Å². The van der Waals surface area contributed by atoms with E-state index in [-0.39, 0.29) is 55.4 Å². The standard InChI is InChI=1S/C43H44F2N8O6/c1-22-12-30-29-4-2-3-5-33(29)48-37(30)38(52(22)21-35(44)45)26-17-46-43(47-18-26)59-28-13-23(14-28)40(56)50-10-8-27(9-11-50)51-19-24-15-31-32(16-25(24)20-51)42(58)53(41(31)57)34-6-7-36(54)49-39(34)55/h2-5,15-18,22-23,27-28,34-35,38,48H,6-14,19-21H2,1H3,(H,49,54,55)/t22-,23?,28?,34?,38-/m1/s1. The summed E-state index contributed by atoms with van der Waals surface area (Å²) in [6, 6.07) is 10.4. The fourth-order valence-corrected chi connectivity index (χ4v) is 10.2. The fourth-order valence-electron chi connectivity index (χ4n) is 10.2. The summed E-state index contributed by atoms with van der Waals surface area (Å²) >= 11 is 0. The third kappa shape index (κ3) is 6.56. The third-order valence-corrected chi connectivity index (χ3v) is 13.3. The maximum atomic E-state index is 13.8. The lowest BCUT2D eigenvalue weighted by molar-refractivity contribution is -0.143. The highest BCUT2D eigenvalue weighted by molar-refractivity contribution is 6.23. The Bertz CT molecular complexity index is 2350. The molecule has 1 unspecified atom stereocenters. The molecule has 1 saturated carbocycles. The molecule has 14 nitrogen and oxygen atoms in total. The van der Waals surface area contributed by atoms with Gasteiger partial charge in [0.05, 0.1) is 23.7 Å². The molecule has 16 heteroatoms. The first-order valence-electron chi connectivity index (χ1n) is 20.5. The zero-order valence-corrected chi connectivity index (χ0v) is 32.5. The number of aromatic amines is 1. The lowest BCUT2D eigenvalue weighted by Gasteiger charge is -2.41. The lowest BCUT2D eigenvalue weighted by atomic mass is 9.81. The highest BCUT2D eigenvalue weighted by atomic mass is 19.3. The van der Waals surface area contributed by atoms with Crippen LogP contribution in [0.2, 0.25) is 0 Å². The van der Waals surface area contributed by atoms with Crippen LogP contribution in [0.25, 0.3) is 10.9 Å². The molecule has 6 aliphatic rings. The number of aromatic nitrogens is 3. The van der Waals surface area contributed by atoms with E-state index in [1.807, 2.05) is 34.9 Å². The Labute approximate surface area is 338 Å². The fraction of sp³-hybridized carbons (Fsp3) is 0.465. The van der Waals surface area contributed by atoms with Gasteiger partial charge in [-0.3, -0.25) is 44.0 Å². The summed E-state index contributed by atoms with van der Waals surface area (Å²) in [5, 5.41) is 3.33. The van der Waals surface area contributed by atoms with Crippen molar-refractivity contribution < 1.29 is 37.5 Å². The molecule has 0 spiro atoms. The number of piperidine rings is 2. The first-order chi connectivity index (χ1) is 28.5.